The minimum atomic E-state index is -0.316. The summed E-state index contributed by atoms with van der Waals surface area (Å²) in [5, 5.41) is 6.03. The predicted molar refractivity (Wildman–Crippen MR) is 103 cm³/mol. The third kappa shape index (κ3) is 8.45. The highest BCUT2D eigenvalue weighted by Crippen LogP contribution is 2.17. The van der Waals surface area contributed by atoms with Gasteiger partial charge in [0.2, 0.25) is 11.8 Å². The first-order valence-corrected chi connectivity index (χ1v) is 9.63. The van der Waals surface area contributed by atoms with Gasteiger partial charge in [0.15, 0.2) is 0 Å². The zero-order chi connectivity index (χ0) is 18.8. The molecule has 0 aromatic heterocycles. The maximum atomic E-state index is 12.4. The van der Waals surface area contributed by atoms with Gasteiger partial charge in [0.25, 0.3) is 0 Å². The van der Waals surface area contributed by atoms with Crippen LogP contribution in [-0.2, 0) is 23.9 Å². The molecule has 27 heavy (non-hydrogen) atoms. The SMILES string of the molecule is CCOC(=O)CCNC(=O)[C@@H]1CCCN(C(=O)COC2CCNCC2)C1.Cl. The Balaban J connectivity index is 0.00000364. The minimum absolute atomic E-state index is 0. The number of piperidine rings is 2. The number of esters is 1. The van der Waals surface area contributed by atoms with E-state index in [1.807, 2.05) is 0 Å². The lowest BCUT2D eigenvalue weighted by Gasteiger charge is -2.32. The molecule has 0 saturated carbocycles. The van der Waals surface area contributed by atoms with Gasteiger partial charge < -0.3 is 25.0 Å². The number of nitrogens with one attached hydrogen (secondary N) is 2. The van der Waals surface area contributed by atoms with Crippen LogP contribution in [0.2, 0.25) is 0 Å². The number of rotatable bonds is 8. The van der Waals surface area contributed by atoms with Crippen molar-refractivity contribution >= 4 is 30.2 Å². The lowest BCUT2D eigenvalue weighted by atomic mass is 9.97. The van der Waals surface area contributed by atoms with Crippen molar-refractivity contribution in [2.45, 2.75) is 45.1 Å². The summed E-state index contributed by atoms with van der Waals surface area (Å²) in [6.45, 7) is 5.38. The topological polar surface area (TPSA) is 97.0 Å². The van der Waals surface area contributed by atoms with Crippen LogP contribution in [0.5, 0.6) is 0 Å². The summed E-state index contributed by atoms with van der Waals surface area (Å²) < 4.78 is 10.6. The molecule has 156 valence electrons. The largest absolute Gasteiger partial charge is 0.466 e. The number of amides is 2. The first-order chi connectivity index (χ1) is 12.6. The van der Waals surface area contributed by atoms with Gasteiger partial charge in [-0.05, 0) is 45.7 Å². The Morgan fingerprint density at radius 2 is 1.93 bits per heavy atom. The molecule has 1 atom stereocenters. The van der Waals surface area contributed by atoms with Crippen molar-refractivity contribution in [3.63, 3.8) is 0 Å². The molecular formula is C18H32ClN3O5. The maximum Gasteiger partial charge on any atom is 0.307 e. The number of carbonyl (C=O) groups excluding carboxylic acids is 3. The van der Waals surface area contributed by atoms with Gasteiger partial charge in [0.05, 0.1) is 25.0 Å². The van der Waals surface area contributed by atoms with E-state index in [-0.39, 0.29) is 61.8 Å². The smallest absolute Gasteiger partial charge is 0.307 e. The Kier molecular flexibility index (Phi) is 11.3. The van der Waals surface area contributed by atoms with E-state index in [0.29, 0.717) is 19.7 Å². The molecular weight excluding hydrogens is 374 g/mol. The average molecular weight is 406 g/mol. The molecule has 2 fully saturated rings. The second kappa shape index (κ2) is 12.9. The Morgan fingerprint density at radius 3 is 2.63 bits per heavy atom. The summed E-state index contributed by atoms with van der Waals surface area (Å²) in [4.78, 5) is 37.7. The normalized spacial score (nSPS) is 20.5. The third-order valence-corrected chi connectivity index (χ3v) is 4.81. The molecule has 2 amide bonds. The average Bonchev–Trinajstić information content (AvgIpc) is 2.67. The molecule has 2 N–H and O–H groups in total. The molecule has 2 rings (SSSR count). The van der Waals surface area contributed by atoms with E-state index in [9.17, 15) is 14.4 Å². The highest BCUT2D eigenvalue weighted by Gasteiger charge is 2.28. The number of nitrogens with zero attached hydrogens (tertiary/aromatic N) is 1. The fourth-order valence-electron chi connectivity index (χ4n) is 3.33. The third-order valence-electron chi connectivity index (χ3n) is 4.81. The molecule has 0 spiro atoms. The van der Waals surface area contributed by atoms with E-state index < -0.39 is 0 Å². The van der Waals surface area contributed by atoms with Crippen molar-refractivity contribution in [3.8, 4) is 0 Å². The number of hydrogen-bond acceptors (Lipinski definition) is 6. The minimum Gasteiger partial charge on any atom is -0.466 e. The van der Waals surface area contributed by atoms with Gasteiger partial charge in [-0.3, -0.25) is 14.4 Å². The predicted octanol–water partition coefficient (Wildman–Crippen LogP) is 0.485. The van der Waals surface area contributed by atoms with Crippen molar-refractivity contribution in [3.05, 3.63) is 0 Å². The van der Waals surface area contributed by atoms with Crippen molar-refractivity contribution in [1.82, 2.24) is 15.5 Å². The molecule has 0 aliphatic carbocycles. The first-order valence-electron chi connectivity index (χ1n) is 9.63. The van der Waals surface area contributed by atoms with Crippen LogP contribution in [0.15, 0.2) is 0 Å². The van der Waals surface area contributed by atoms with Crippen LogP contribution in [0.1, 0.15) is 39.0 Å². The van der Waals surface area contributed by atoms with Gasteiger partial charge in [-0.1, -0.05) is 0 Å². The van der Waals surface area contributed by atoms with Crippen molar-refractivity contribution < 1.29 is 23.9 Å². The van der Waals surface area contributed by atoms with Gasteiger partial charge in [-0.15, -0.1) is 12.4 Å². The monoisotopic (exact) mass is 405 g/mol. The summed E-state index contributed by atoms with van der Waals surface area (Å²) in [5.41, 5.74) is 0. The van der Waals surface area contributed by atoms with Gasteiger partial charge in [0.1, 0.15) is 6.61 Å². The van der Waals surface area contributed by atoms with Crippen LogP contribution >= 0.6 is 12.4 Å². The number of carbonyl (C=O) groups is 3. The summed E-state index contributed by atoms with van der Waals surface area (Å²) in [7, 11) is 0. The zero-order valence-electron chi connectivity index (χ0n) is 16.0. The van der Waals surface area contributed by atoms with Crippen LogP contribution in [0.25, 0.3) is 0 Å². The maximum absolute atomic E-state index is 12.4. The van der Waals surface area contributed by atoms with E-state index in [2.05, 4.69) is 10.6 Å². The second-order valence-corrected chi connectivity index (χ2v) is 6.79. The number of hydrogen-bond donors (Lipinski definition) is 2. The molecule has 0 unspecified atom stereocenters. The highest BCUT2D eigenvalue weighted by atomic mass is 35.5. The Bertz CT molecular complexity index is 486. The highest BCUT2D eigenvalue weighted by molar-refractivity contribution is 5.85. The van der Waals surface area contributed by atoms with Crippen LogP contribution in [-0.4, -0.2) is 74.7 Å². The zero-order valence-corrected chi connectivity index (χ0v) is 16.9. The summed E-state index contributed by atoms with van der Waals surface area (Å²) >= 11 is 0. The molecule has 2 saturated heterocycles. The molecule has 0 radical (unpaired) electrons. The van der Waals surface area contributed by atoms with E-state index in [4.69, 9.17) is 9.47 Å². The van der Waals surface area contributed by atoms with Gasteiger partial charge >= 0.3 is 5.97 Å². The first kappa shape index (κ1) is 23.7. The summed E-state index contributed by atoms with van der Waals surface area (Å²) in [6.07, 6.45) is 3.72. The fraction of sp³-hybridized carbons (Fsp3) is 0.833. The molecule has 8 nitrogen and oxygen atoms in total. The van der Waals surface area contributed by atoms with Crippen LogP contribution in [0.4, 0.5) is 0 Å². The Morgan fingerprint density at radius 1 is 1.19 bits per heavy atom. The molecule has 0 bridgehead atoms. The van der Waals surface area contributed by atoms with E-state index in [0.717, 1.165) is 38.8 Å². The standard InChI is InChI=1S/C18H31N3O5.ClH/c1-2-25-17(23)7-10-20-18(24)14-4-3-11-21(12-14)16(22)13-26-15-5-8-19-9-6-15;/h14-15,19H,2-13H2,1H3,(H,20,24);1H/t14-;/m1./s1. The molecule has 2 aliphatic heterocycles. The molecule has 0 aromatic carbocycles. The van der Waals surface area contributed by atoms with Crippen LogP contribution in [0.3, 0.4) is 0 Å². The summed E-state index contributed by atoms with van der Waals surface area (Å²) in [6, 6.07) is 0. The molecule has 2 aliphatic rings. The molecule has 9 heteroatoms. The molecule has 0 aromatic rings. The fourth-order valence-corrected chi connectivity index (χ4v) is 3.33. The summed E-state index contributed by atoms with van der Waals surface area (Å²) in [5.74, 6) is -0.698. The number of likely N-dealkylation sites (tertiary alicyclic amines) is 1. The quantitative estimate of drug-likeness (QED) is 0.570. The van der Waals surface area contributed by atoms with Crippen molar-refractivity contribution in [2.75, 3.05) is 45.9 Å². The Hall–Kier alpha value is -1.38. The Labute approximate surface area is 167 Å². The second-order valence-electron chi connectivity index (χ2n) is 6.79. The van der Waals surface area contributed by atoms with Gasteiger partial charge in [0, 0.05) is 19.6 Å². The van der Waals surface area contributed by atoms with E-state index in [1.54, 1.807) is 11.8 Å². The lowest BCUT2D eigenvalue weighted by Crippen LogP contribution is -2.47. The number of halogens is 1. The van der Waals surface area contributed by atoms with Crippen molar-refractivity contribution in [2.24, 2.45) is 5.92 Å². The van der Waals surface area contributed by atoms with Gasteiger partial charge in [-0.25, -0.2) is 0 Å². The number of ether oxygens (including phenoxy) is 2. The van der Waals surface area contributed by atoms with E-state index >= 15 is 0 Å². The lowest BCUT2D eigenvalue weighted by molar-refractivity contribution is -0.143. The van der Waals surface area contributed by atoms with Crippen LogP contribution in [0, 0.1) is 5.92 Å². The van der Waals surface area contributed by atoms with Gasteiger partial charge in [-0.2, -0.15) is 0 Å². The van der Waals surface area contributed by atoms with Crippen LogP contribution < -0.4 is 10.6 Å². The molecule has 2 heterocycles. The van der Waals surface area contributed by atoms with E-state index in [1.165, 1.54) is 0 Å². The van der Waals surface area contributed by atoms with Crippen molar-refractivity contribution in [1.29, 1.82) is 0 Å².